The average molecular weight is 261 g/mol. The number of benzene rings is 1. The third-order valence-corrected chi connectivity index (χ3v) is 2.63. The molecular formula is C14H23N5. The molecule has 0 aliphatic carbocycles. The van der Waals surface area contributed by atoms with Crippen LogP contribution in [0.5, 0.6) is 0 Å². The van der Waals surface area contributed by atoms with Gasteiger partial charge in [0.2, 0.25) is 5.96 Å². The van der Waals surface area contributed by atoms with Gasteiger partial charge in [0, 0.05) is 18.8 Å². The normalized spacial score (nSPS) is 10.6. The molecule has 0 radical (unpaired) electrons. The molecule has 0 spiro atoms. The third kappa shape index (κ3) is 5.42. The highest BCUT2D eigenvalue weighted by Crippen LogP contribution is 2.15. The molecule has 4 N–H and O–H groups in total. The molecule has 104 valence electrons. The molecule has 1 rings (SSSR count). The van der Waals surface area contributed by atoms with Crippen molar-refractivity contribution in [2.45, 2.75) is 26.7 Å². The van der Waals surface area contributed by atoms with Gasteiger partial charge >= 0.3 is 0 Å². The highest BCUT2D eigenvalue weighted by atomic mass is 15.3. The Morgan fingerprint density at radius 2 is 1.68 bits per heavy atom. The molecule has 0 aromatic heterocycles. The molecule has 0 saturated carbocycles. The first kappa shape index (κ1) is 15.0. The van der Waals surface area contributed by atoms with Crippen LogP contribution in [-0.4, -0.2) is 25.3 Å². The van der Waals surface area contributed by atoms with Gasteiger partial charge in [-0.2, -0.15) is 5.10 Å². The summed E-state index contributed by atoms with van der Waals surface area (Å²) in [5.74, 6) is -0.0371. The molecule has 0 fully saturated rings. The van der Waals surface area contributed by atoms with Crippen LogP contribution in [0.25, 0.3) is 0 Å². The van der Waals surface area contributed by atoms with E-state index in [4.69, 9.17) is 11.5 Å². The number of hydrogen-bond donors (Lipinski definition) is 2. The zero-order valence-electron chi connectivity index (χ0n) is 11.7. The number of nitrogens with zero attached hydrogens (tertiary/aromatic N) is 3. The van der Waals surface area contributed by atoms with Crippen LogP contribution in [0.2, 0.25) is 0 Å². The SMILES string of the molecule is CCCN(CCC)c1ccc(/C=N/N=C(N)N)cc1. The second-order valence-corrected chi connectivity index (χ2v) is 4.35. The van der Waals surface area contributed by atoms with Crippen LogP contribution in [0.4, 0.5) is 5.69 Å². The quantitative estimate of drug-likeness (QED) is 0.447. The minimum Gasteiger partial charge on any atom is -0.372 e. The molecule has 0 heterocycles. The second kappa shape index (κ2) is 8.13. The standard InChI is InChI=1S/C14H23N5/c1-3-9-19(10-4-2)13-7-5-12(6-8-13)11-17-18-14(15)16/h5-8,11H,3-4,9-10H2,1-2H3,(H4,15,16,18)/b17-11+. The van der Waals surface area contributed by atoms with E-state index < -0.39 is 0 Å². The van der Waals surface area contributed by atoms with E-state index in [2.05, 4.69) is 41.1 Å². The summed E-state index contributed by atoms with van der Waals surface area (Å²) < 4.78 is 0. The first-order valence-electron chi connectivity index (χ1n) is 6.64. The highest BCUT2D eigenvalue weighted by Gasteiger charge is 2.03. The molecular weight excluding hydrogens is 238 g/mol. The number of hydrogen-bond acceptors (Lipinski definition) is 3. The zero-order valence-corrected chi connectivity index (χ0v) is 11.7. The molecule has 0 bridgehead atoms. The highest BCUT2D eigenvalue weighted by molar-refractivity contribution is 5.82. The molecule has 5 nitrogen and oxygen atoms in total. The summed E-state index contributed by atoms with van der Waals surface area (Å²) in [4.78, 5) is 2.39. The Balaban J connectivity index is 2.74. The predicted octanol–water partition coefficient (Wildman–Crippen LogP) is 1.92. The summed E-state index contributed by atoms with van der Waals surface area (Å²) in [5, 5.41) is 7.36. The molecule has 0 aliphatic rings. The monoisotopic (exact) mass is 261 g/mol. The Morgan fingerprint density at radius 3 is 2.16 bits per heavy atom. The maximum Gasteiger partial charge on any atom is 0.211 e. The average Bonchev–Trinajstić information content (AvgIpc) is 2.39. The lowest BCUT2D eigenvalue weighted by molar-refractivity contribution is 0.745. The van der Waals surface area contributed by atoms with Gasteiger partial charge < -0.3 is 16.4 Å². The first-order chi connectivity index (χ1) is 9.17. The fraction of sp³-hybridized carbons (Fsp3) is 0.429. The first-order valence-corrected chi connectivity index (χ1v) is 6.64. The molecule has 0 aliphatic heterocycles. The van der Waals surface area contributed by atoms with E-state index in [-0.39, 0.29) is 5.96 Å². The molecule has 0 saturated heterocycles. The van der Waals surface area contributed by atoms with Crippen LogP contribution in [0.1, 0.15) is 32.3 Å². The molecule has 19 heavy (non-hydrogen) atoms. The van der Waals surface area contributed by atoms with Crippen molar-refractivity contribution in [3.05, 3.63) is 29.8 Å². The topological polar surface area (TPSA) is 80.0 Å². The Hall–Kier alpha value is -2.04. The van der Waals surface area contributed by atoms with Crippen LogP contribution in [0, 0.1) is 0 Å². The third-order valence-electron chi connectivity index (χ3n) is 2.63. The fourth-order valence-electron chi connectivity index (χ4n) is 1.84. The van der Waals surface area contributed by atoms with E-state index in [0.717, 1.165) is 31.5 Å². The molecule has 0 atom stereocenters. The Labute approximate surface area is 115 Å². The maximum atomic E-state index is 5.19. The van der Waals surface area contributed by atoms with Crippen molar-refractivity contribution in [3.8, 4) is 0 Å². The van der Waals surface area contributed by atoms with Crippen molar-refractivity contribution in [2.75, 3.05) is 18.0 Å². The Bertz CT molecular complexity index is 412. The van der Waals surface area contributed by atoms with Crippen LogP contribution in [0.3, 0.4) is 0 Å². The maximum absolute atomic E-state index is 5.19. The van der Waals surface area contributed by atoms with Crippen molar-refractivity contribution in [2.24, 2.45) is 21.7 Å². The van der Waals surface area contributed by atoms with Gasteiger partial charge in [-0.25, -0.2) is 0 Å². The minimum atomic E-state index is -0.0371. The van der Waals surface area contributed by atoms with Gasteiger partial charge in [-0.15, -0.1) is 5.10 Å². The van der Waals surface area contributed by atoms with Crippen LogP contribution >= 0.6 is 0 Å². The minimum absolute atomic E-state index is 0.0371. The van der Waals surface area contributed by atoms with Crippen molar-refractivity contribution in [3.63, 3.8) is 0 Å². The second-order valence-electron chi connectivity index (χ2n) is 4.35. The molecule has 5 heteroatoms. The van der Waals surface area contributed by atoms with E-state index in [0.29, 0.717) is 0 Å². The molecule has 0 unspecified atom stereocenters. The summed E-state index contributed by atoms with van der Waals surface area (Å²) in [6.07, 6.45) is 3.93. The van der Waals surface area contributed by atoms with Gasteiger partial charge in [0.15, 0.2) is 0 Å². The van der Waals surface area contributed by atoms with Gasteiger partial charge in [-0.05, 0) is 30.5 Å². The van der Waals surface area contributed by atoms with Crippen LogP contribution in [-0.2, 0) is 0 Å². The summed E-state index contributed by atoms with van der Waals surface area (Å²) in [5.41, 5.74) is 12.6. The number of nitrogens with two attached hydrogens (primary N) is 2. The van der Waals surface area contributed by atoms with E-state index in [1.807, 2.05) is 12.1 Å². The fourth-order valence-corrected chi connectivity index (χ4v) is 1.84. The van der Waals surface area contributed by atoms with E-state index in [9.17, 15) is 0 Å². The number of anilines is 1. The smallest absolute Gasteiger partial charge is 0.211 e. The number of guanidine groups is 1. The van der Waals surface area contributed by atoms with Gasteiger partial charge in [-0.1, -0.05) is 26.0 Å². The van der Waals surface area contributed by atoms with E-state index in [1.54, 1.807) is 6.21 Å². The summed E-state index contributed by atoms with van der Waals surface area (Å²) >= 11 is 0. The van der Waals surface area contributed by atoms with Crippen molar-refractivity contribution < 1.29 is 0 Å². The van der Waals surface area contributed by atoms with E-state index >= 15 is 0 Å². The summed E-state index contributed by atoms with van der Waals surface area (Å²) in [6, 6.07) is 8.23. The number of rotatable bonds is 7. The lowest BCUT2D eigenvalue weighted by Crippen LogP contribution is -2.24. The molecule has 1 aromatic rings. The lowest BCUT2D eigenvalue weighted by atomic mass is 10.2. The van der Waals surface area contributed by atoms with Crippen LogP contribution in [0.15, 0.2) is 34.5 Å². The molecule has 0 amide bonds. The summed E-state index contributed by atoms with van der Waals surface area (Å²) in [6.45, 7) is 6.54. The molecule has 1 aromatic carbocycles. The van der Waals surface area contributed by atoms with Crippen LogP contribution < -0.4 is 16.4 Å². The van der Waals surface area contributed by atoms with Crippen molar-refractivity contribution in [1.29, 1.82) is 0 Å². The zero-order chi connectivity index (χ0) is 14.1. The predicted molar refractivity (Wildman–Crippen MR) is 82.6 cm³/mol. The van der Waals surface area contributed by atoms with E-state index in [1.165, 1.54) is 5.69 Å². The van der Waals surface area contributed by atoms with Crippen molar-refractivity contribution in [1.82, 2.24) is 0 Å². The van der Waals surface area contributed by atoms with Gasteiger partial charge in [-0.3, -0.25) is 0 Å². The largest absolute Gasteiger partial charge is 0.372 e. The Morgan fingerprint density at radius 1 is 1.11 bits per heavy atom. The lowest BCUT2D eigenvalue weighted by Gasteiger charge is -2.23. The summed E-state index contributed by atoms with van der Waals surface area (Å²) in [7, 11) is 0. The van der Waals surface area contributed by atoms with Gasteiger partial charge in [0.05, 0.1) is 6.21 Å². The van der Waals surface area contributed by atoms with Crippen molar-refractivity contribution >= 4 is 17.9 Å². The Kier molecular flexibility index (Phi) is 6.43. The van der Waals surface area contributed by atoms with Gasteiger partial charge in [0.1, 0.15) is 0 Å². The van der Waals surface area contributed by atoms with Gasteiger partial charge in [0.25, 0.3) is 0 Å².